The van der Waals surface area contributed by atoms with E-state index in [4.69, 9.17) is 9.47 Å². The summed E-state index contributed by atoms with van der Waals surface area (Å²) in [6.45, 7) is 4.11. The number of nitrogens with zero attached hydrogens (tertiary/aromatic N) is 2. The molecule has 0 radical (unpaired) electrons. The Morgan fingerprint density at radius 1 is 1.53 bits per heavy atom. The minimum atomic E-state index is -0.134. The summed E-state index contributed by atoms with van der Waals surface area (Å²) in [7, 11) is 1.44. The molecule has 5 nitrogen and oxygen atoms in total. The number of ether oxygens (including phenoxy) is 2. The average molecular weight is 264 g/mol. The topological polar surface area (TPSA) is 51.7 Å². The van der Waals surface area contributed by atoms with Gasteiger partial charge in [-0.25, -0.2) is 0 Å². The molecule has 19 heavy (non-hydrogen) atoms. The van der Waals surface area contributed by atoms with Crippen LogP contribution in [0.2, 0.25) is 0 Å². The van der Waals surface area contributed by atoms with Crippen LogP contribution in [0.1, 0.15) is 19.8 Å². The standard InChI is InChI=1S/C14H20N2O3/c1-3-19-13-8-4-7-12(15-13)16-9-5-6-11(10-16)14(17)18-2/h4,7-8,11H,3,5-6,9-10H2,1-2H3. The summed E-state index contributed by atoms with van der Waals surface area (Å²) in [6, 6.07) is 5.71. The lowest BCUT2D eigenvalue weighted by Crippen LogP contribution is -2.39. The largest absolute Gasteiger partial charge is 0.478 e. The Morgan fingerprint density at radius 2 is 2.37 bits per heavy atom. The highest BCUT2D eigenvalue weighted by atomic mass is 16.5. The number of aromatic nitrogens is 1. The van der Waals surface area contributed by atoms with Gasteiger partial charge in [0, 0.05) is 19.2 Å². The molecule has 0 saturated carbocycles. The van der Waals surface area contributed by atoms with E-state index in [-0.39, 0.29) is 11.9 Å². The van der Waals surface area contributed by atoms with Gasteiger partial charge in [0.15, 0.2) is 0 Å². The summed E-state index contributed by atoms with van der Waals surface area (Å²) < 4.78 is 10.2. The second-order valence-corrected chi connectivity index (χ2v) is 4.58. The minimum Gasteiger partial charge on any atom is -0.478 e. The molecule has 1 saturated heterocycles. The van der Waals surface area contributed by atoms with Crippen molar-refractivity contribution in [2.45, 2.75) is 19.8 Å². The molecule has 1 aliphatic heterocycles. The van der Waals surface area contributed by atoms with Crippen LogP contribution in [0.15, 0.2) is 18.2 Å². The Bertz CT molecular complexity index is 436. The highest BCUT2D eigenvalue weighted by molar-refractivity contribution is 5.73. The first kappa shape index (κ1) is 13.6. The molecule has 0 aliphatic carbocycles. The normalized spacial score (nSPS) is 19.1. The zero-order valence-corrected chi connectivity index (χ0v) is 11.5. The fraction of sp³-hybridized carbons (Fsp3) is 0.571. The first-order valence-electron chi connectivity index (χ1n) is 6.67. The molecule has 1 unspecified atom stereocenters. The van der Waals surface area contributed by atoms with E-state index >= 15 is 0 Å². The Balaban J connectivity index is 2.08. The van der Waals surface area contributed by atoms with Gasteiger partial charge in [-0.15, -0.1) is 0 Å². The van der Waals surface area contributed by atoms with E-state index in [9.17, 15) is 4.79 Å². The second-order valence-electron chi connectivity index (χ2n) is 4.58. The van der Waals surface area contributed by atoms with E-state index in [1.54, 1.807) is 0 Å². The third kappa shape index (κ3) is 3.36. The van der Waals surface area contributed by atoms with Gasteiger partial charge < -0.3 is 14.4 Å². The van der Waals surface area contributed by atoms with Crippen molar-refractivity contribution >= 4 is 11.8 Å². The molecule has 0 aromatic carbocycles. The summed E-state index contributed by atoms with van der Waals surface area (Å²) in [5.41, 5.74) is 0. The lowest BCUT2D eigenvalue weighted by molar-refractivity contribution is -0.145. The van der Waals surface area contributed by atoms with Crippen molar-refractivity contribution in [1.82, 2.24) is 4.98 Å². The highest BCUT2D eigenvalue weighted by Gasteiger charge is 2.27. The van der Waals surface area contributed by atoms with E-state index in [1.807, 2.05) is 25.1 Å². The van der Waals surface area contributed by atoms with Gasteiger partial charge in [0.25, 0.3) is 0 Å². The highest BCUT2D eigenvalue weighted by Crippen LogP contribution is 2.23. The van der Waals surface area contributed by atoms with Crippen molar-refractivity contribution in [3.05, 3.63) is 18.2 Å². The number of carbonyl (C=O) groups excluding carboxylic acids is 1. The lowest BCUT2D eigenvalue weighted by Gasteiger charge is -2.32. The van der Waals surface area contributed by atoms with Gasteiger partial charge in [-0.1, -0.05) is 6.07 Å². The van der Waals surface area contributed by atoms with Crippen LogP contribution >= 0.6 is 0 Å². The Labute approximate surface area is 113 Å². The fourth-order valence-corrected chi connectivity index (χ4v) is 2.35. The molecular formula is C14H20N2O3. The lowest BCUT2D eigenvalue weighted by atomic mass is 9.98. The molecule has 2 heterocycles. The predicted octanol–water partition coefficient (Wildman–Crippen LogP) is 1.87. The van der Waals surface area contributed by atoms with Crippen LogP contribution in [-0.4, -0.2) is 37.8 Å². The fourth-order valence-electron chi connectivity index (χ4n) is 2.35. The maximum Gasteiger partial charge on any atom is 0.310 e. The van der Waals surface area contributed by atoms with E-state index in [1.165, 1.54) is 7.11 Å². The van der Waals surface area contributed by atoms with Gasteiger partial charge in [0.05, 0.1) is 19.6 Å². The van der Waals surface area contributed by atoms with E-state index in [0.29, 0.717) is 19.0 Å². The maximum absolute atomic E-state index is 11.6. The number of methoxy groups -OCH3 is 1. The van der Waals surface area contributed by atoms with Gasteiger partial charge in [-0.3, -0.25) is 4.79 Å². The molecule has 1 aromatic rings. The summed E-state index contributed by atoms with van der Waals surface area (Å²) in [4.78, 5) is 18.2. The molecule has 0 N–H and O–H groups in total. The van der Waals surface area contributed by atoms with Crippen molar-refractivity contribution < 1.29 is 14.3 Å². The number of hydrogen-bond donors (Lipinski definition) is 0. The first-order valence-corrected chi connectivity index (χ1v) is 6.67. The van der Waals surface area contributed by atoms with Crippen LogP contribution in [0.5, 0.6) is 5.88 Å². The van der Waals surface area contributed by atoms with Gasteiger partial charge in [-0.05, 0) is 25.8 Å². The van der Waals surface area contributed by atoms with Gasteiger partial charge >= 0.3 is 5.97 Å². The Kier molecular flexibility index (Phi) is 4.60. The van der Waals surface area contributed by atoms with E-state index < -0.39 is 0 Å². The summed E-state index contributed by atoms with van der Waals surface area (Å²) in [5.74, 6) is 1.29. The Hall–Kier alpha value is -1.78. The SMILES string of the molecule is CCOc1cccc(N2CCCC(C(=O)OC)C2)n1. The average Bonchev–Trinajstić information content (AvgIpc) is 2.47. The van der Waals surface area contributed by atoms with Crippen LogP contribution in [0.3, 0.4) is 0 Å². The van der Waals surface area contributed by atoms with Gasteiger partial charge in [-0.2, -0.15) is 4.98 Å². The van der Waals surface area contributed by atoms with Crippen LogP contribution in [0, 0.1) is 5.92 Å². The van der Waals surface area contributed by atoms with E-state index in [0.717, 1.165) is 25.2 Å². The molecule has 1 aliphatic rings. The summed E-state index contributed by atoms with van der Waals surface area (Å²) in [6.07, 6.45) is 1.86. The van der Waals surface area contributed by atoms with Crippen molar-refractivity contribution in [2.75, 3.05) is 31.7 Å². The number of anilines is 1. The third-order valence-corrected chi connectivity index (χ3v) is 3.28. The smallest absolute Gasteiger partial charge is 0.310 e. The molecular weight excluding hydrogens is 244 g/mol. The molecule has 5 heteroatoms. The molecule has 2 rings (SSSR count). The number of rotatable bonds is 4. The minimum absolute atomic E-state index is 0.0590. The van der Waals surface area contributed by atoms with Crippen molar-refractivity contribution in [2.24, 2.45) is 5.92 Å². The van der Waals surface area contributed by atoms with Gasteiger partial charge in [0.2, 0.25) is 5.88 Å². The first-order chi connectivity index (χ1) is 9.24. The van der Waals surface area contributed by atoms with Crippen molar-refractivity contribution in [3.8, 4) is 5.88 Å². The third-order valence-electron chi connectivity index (χ3n) is 3.28. The summed E-state index contributed by atoms with van der Waals surface area (Å²) >= 11 is 0. The van der Waals surface area contributed by atoms with Crippen LogP contribution in [0.25, 0.3) is 0 Å². The number of piperidine rings is 1. The maximum atomic E-state index is 11.6. The summed E-state index contributed by atoms with van der Waals surface area (Å²) in [5, 5.41) is 0. The zero-order chi connectivity index (χ0) is 13.7. The number of carbonyl (C=O) groups is 1. The quantitative estimate of drug-likeness (QED) is 0.777. The number of hydrogen-bond acceptors (Lipinski definition) is 5. The molecule has 0 spiro atoms. The monoisotopic (exact) mass is 264 g/mol. The zero-order valence-electron chi connectivity index (χ0n) is 11.5. The van der Waals surface area contributed by atoms with Crippen LogP contribution in [-0.2, 0) is 9.53 Å². The number of pyridine rings is 1. The molecule has 0 amide bonds. The molecule has 104 valence electrons. The Morgan fingerprint density at radius 3 is 3.11 bits per heavy atom. The van der Waals surface area contributed by atoms with Crippen molar-refractivity contribution in [1.29, 1.82) is 0 Å². The molecule has 1 fully saturated rings. The second kappa shape index (κ2) is 6.41. The van der Waals surface area contributed by atoms with E-state index in [2.05, 4.69) is 9.88 Å². The molecule has 1 aromatic heterocycles. The van der Waals surface area contributed by atoms with Crippen LogP contribution < -0.4 is 9.64 Å². The van der Waals surface area contributed by atoms with Gasteiger partial charge in [0.1, 0.15) is 5.82 Å². The van der Waals surface area contributed by atoms with Crippen LogP contribution in [0.4, 0.5) is 5.82 Å². The molecule has 0 bridgehead atoms. The van der Waals surface area contributed by atoms with Crippen molar-refractivity contribution in [3.63, 3.8) is 0 Å². The molecule has 1 atom stereocenters. The number of esters is 1. The predicted molar refractivity (Wildman–Crippen MR) is 72.4 cm³/mol.